The van der Waals surface area contributed by atoms with Crippen molar-refractivity contribution in [3.8, 4) is 0 Å². The van der Waals surface area contributed by atoms with Crippen molar-refractivity contribution in [1.82, 2.24) is 0 Å². The lowest BCUT2D eigenvalue weighted by atomic mass is 9.85. The molecule has 3 heteroatoms. The molecule has 1 spiro atoms. The molecular formula is C15H13NO2. The first-order valence-corrected chi connectivity index (χ1v) is 6.22. The predicted molar refractivity (Wildman–Crippen MR) is 68.2 cm³/mol. The van der Waals surface area contributed by atoms with Gasteiger partial charge < -0.3 is 9.64 Å². The van der Waals surface area contributed by atoms with Gasteiger partial charge in [-0.1, -0.05) is 24.3 Å². The first-order chi connectivity index (χ1) is 8.77. The van der Waals surface area contributed by atoms with Crippen LogP contribution in [0.4, 0.5) is 5.69 Å². The molecule has 1 fully saturated rings. The van der Waals surface area contributed by atoms with Crippen LogP contribution >= 0.6 is 0 Å². The van der Waals surface area contributed by atoms with Gasteiger partial charge in [-0.25, -0.2) is 0 Å². The molecule has 1 saturated heterocycles. The van der Waals surface area contributed by atoms with Crippen LogP contribution in [0.2, 0.25) is 0 Å². The van der Waals surface area contributed by atoms with E-state index in [2.05, 4.69) is 12.2 Å². The Morgan fingerprint density at radius 2 is 2.11 bits per heavy atom. The van der Waals surface area contributed by atoms with E-state index in [1.165, 1.54) is 0 Å². The van der Waals surface area contributed by atoms with Gasteiger partial charge >= 0.3 is 0 Å². The van der Waals surface area contributed by atoms with Crippen molar-refractivity contribution in [2.24, 2.45) is 0 Å². The maximum absolute atomic E-state index is 12.2. The van der Waals surface area contributed by atoms with Crippen LogP contribution in [0.15, 0.2) is 54.1 Å². The average Bonchev–Trinajstić information content (AvgIpc) is 2.95. The lowest BCUT2D eigenvalue weighted by Gasteiger charge is -2.36. The third-order valence-electron chi connectivity index (χ3n) is 3.93. The molecule has 0 aliphatic carbocycles. The largest absolute Gasteiger partial charge is 0.357 e. The summed E-state index contributed by atoms with van der Waals surface area (Å²) in [5, 5.41) is 0. The van der Waals surface area contributed by atoms with Crippen molar-refractivity contribution in [3.05, 3.63) is 54.1 Å². The molecule has 4 rings (SSSR count). The van der Waals surface area contributed by atoms with E-state index in [1.807, 2.05) is 30.3 Å². The number of anilines is 1. The van der Waals surface area contributed by atoms with E-state index < -0.39 is 0 Å². The molecular weight excluding hydrogens is 226 g/mol. The molecule has 0 radical (unpaired) electrons. The van der Waals surface area contributed by atoms with Crippen molar-refractivity contribution in [2.75, 3.05) is 11.4 Å². The number of rotatable bonds is 1. The van der Waals surface area contributed by atoms with Crippen molar-refractivity contribution < 1.29 is 9.53 Å². The number of nitrogens with zero attached hydrogens (tertiary/aromatic N) is 1. The number of ether oxygens (including phenoxy) is 1. The fraction of sp³-hybridized carbons (Fsp3) is 0.267. The number of benzene rings is 1. The van der Waals surface area contributed by atoms with Crippen LogP contribution in [0.5, 0.6) is 0 Å². The Morgan fingerprint density at radius 1 is 1.28 bits per heavy atom. The Balaban J connectivity index is 1.77. The molecule has 3 heterocycles. The minimum atomic E-state index is -0.353. The smallest absolute Gasteiger partial charge is 0.251 e. The van der Waals surface area contributed by atoms with Gasteiger partial charge in [0.1, 0.15) is 5.60 Å². The van der Waals surface area contributed by atoms with Gasteiger partial charge in [0.2, 0.25) is 0 Å². The van der Waals surface area contributed by atoms with Gasteiger partial charge in [-0.15, -0.1) is 0 Å². The second-order valence-electron chi connectivity index (χ2n) is 5.04. The summed E-state index contributed by atoms with van der Waals surface area (Å²) in [6.45, 7) is 0.592. The van der Waals surface area contributed by atoms with E-state index in [4.69, 9.17) is 4.74 Å². The van der Waals surface area contributed by atoms with Crippen LogP contribution < -0.4 is 4.90 Å². The van der Waals surface area contributed by atoms with Gasteiger partial charge in [-0.05, 0) is 23.8 Å². The summed E-state index contributed by atoms with van der Waals surface area (Å²) in [6, 6.07) is 9.76. The number of para-hydroxylation sites is 1. The van der Waals surface area contributed by atoms with Crippen LogP contribution in [-0.4, -0.2) is 24.2 Å². The molecule has 1 aromatic carbocycles. The fourth-order valence-electron chi connectivity index (χ4n) is 3.03. The molecule has 1 aromatic rings. The Bertz CT molecular complexity index is 575. The van der Waals surface area contributed by atoms with Crippen LogP contribution in [0.3, 0.4) is 0 Å². The van der Waals surface area contributed by atoms with E-state index in [0.29, 0.717) is 6.54 Å². The zero-order valence-corrected chi connectivity index (χ0v) is 9.87. The van der Waals surface area contributed by atoms with Crippen molar-refractivity contribution >= 4 is 11.6 Å². The van der Waals surface area contributed by atoms with E-state index in [0.717, 1.165) is 17.7 Å². The van der Waals surface area contributed by atoms with Gasteiger partial charge in [0.15, 0.2) is 0 Å². The first-order valence-electron chi connectivity index (χ1n) is 6.22. The van der Waals surface area contributed by atoms with E-state index >= 15 is 0 Å². The molecule has 0 N–H and O–H groups in total. The van der Waals surface area contributed by atoms with E-state index in [-0.39, 0.29) is 17.6 Å². The average molecular weight is 239 g/mol. The third-order valence-corrected chi connectivity index (χ3v) is 3.93. The lowest BCUT2D eigenvalue weighted by Crippen LogP contribution is -2.48. The summed E-state index contributed by atoms with van der Waals surface area (Å²) in [5.41, 5.74) is 1.71. The minimum absolute atomic E-state index is 0.0615. The van der Waals surface area contributed by atoms with Gasteiger partial charge in [0.05, 0.1) is 12.6 Å². The molecule has 90 valence electrons. The fourth-order valence-corrected chi connectivity index (χ4v) is 3.03. The first kappa shape index (κ1) is 10.1. The molecule has 3 aliphatic rings. The Labute approximate surface area is 105 Å². The van der Waals surface area contributed by atoms with E-state index in [1.54, 1.807) is 11.0 Å². The minimum Gasteiger partial charge on any atom is -0.357 e. The summed E-state index contributed by atoms with van der Waals surface area (Å²) in [4.78, 5) is 14.0. The predicted octanol–water partition coefficient (Wildman–Crippen LogP) is 2.06. The normalized spacial score (nSPS) is 32.7. The van der Waals surface area contributed by atoms with E-state index in [9.17, 15) is 4.79 Å². The molecule has 2 bridgehead atoms. The SMILES string of the molecule is O=C1C=C2CC3C=CC2(CN1c1ccccc1)O3. The summed E-state index contributed by atoms with van der Waals surface area (Å²) in [6.07, 6.45) is 7.00. The topological polar surface area (TPSA) is 29.5 Å². The second kappa shape index (κ2) is 3.33. The molecule has 2 unspecified atom stereocenters. The van der Waals surface area contributed by atoms with Crippen LogP contribution in [0, 0.1) is 0 Å². The molecule has 0 saturated carbocycles. The van der Waals surface area contributed by atoms with Crippen LogP contribution in [-0.2, 0) is 9.53 Å². The molecule has 1 amide bonds. The highest BCUT2D eigenvalue weighted by Gasteiger charge is 2.50. The summed E-state index contributed by atoms with van der Waals surface area (Å²) in [7, 11) is 0. The maximum Gasteiger partial charge on any atom is 0.251 e. The highest BCUT2D eigenvalue weighted by Crippen LogP contribution is 2.45. The number of amides is 1. The summed E-state index contributed by atoms with van der Waals surface area (Å²) < 4.78 is 5.99. The number of carbonyl (C=O) groups is 1. The quantitative estimate of drug-likeness (QED) is 0.702. The molecule has 0 aromatic heterocycles. The zero-order chi connectivity index (χ0) is 12.2. The standard InChI is InChI=1S/C15H13NO2/c17-14-9-11-8-13-6-7-15(11,18-13)10-16(14)12-4-2-1-3-5-12/h1-7,9,13H,8,10H2. The Hall–Kier alpha value is -1.87. The highest BCUT2D eigenvalue weighted by molar-refractivity contribution is 6.03. The number of carbonyl (C=O) groups excluding carboxylic acids is 1. The lowest BCUT2D eigenvalue weighted by molar-refractivity contribution is -0.115. The zero-order valence-electron chi connectivity index (χ0n) is 9.87. The summed E-state index contributed by atoms with van der Waals surface area (Å²) >= 11 is 0. The van der Waals surface area contributed by atoms with Crippen molar-refractivity contribution in [3.63, 3.8) is 0 Å². The van der Waals surface area contributed by atoms with Gasteiger partial charge in [0.25, 0.3) is 5.91 Å². The van der Waals surface area contributed by atoms with Crippen molar-refractivity contribution in [1.29, 1.82) is 0 Å². The van der Waals surface area contributed by atoms with Crippen LogP contribution in [0.1, 0.15) is 6.42 Å². The third kappa shape index (κ3) is 1.25. The second-order valence-corrected chi connectivity index (χ2v) is 5.04. The van der Waals surface area contributed by atoms with Crippen molar-refractivity contribution in [2.45, 2.75) is 18.1 Å². The molecule has 3 nitrogen and oxygen atoms in total. The number of fused-ring (bicyclic) bond motifs is 1. The van der Waals surface area contributed by atoms with Crippen LogP contribution in [0.25, 0.3) is 0 Å². The van der Waals surface area contributed by atoms with Gasteiger partial charge in [0, 0.05) is 18.2 Å². The summed E-state index contributed by atoms with van der Waals surface area (Å²) in [5.74, 6) is 0.0615. The number of hydrogen-bond donors (Lipinski definition) is 0. The van der Waals surface area contributed by atoms with Gasteiger partial charge in [-0.3, -0.25) is 4.79 Å². The Morgan fingerprint density at radius 3 is 2.89 bits per heavy atom. The number of hydrogen-bond acceptors (Lipinski definition) is 2. The maximum atomic E-state index is 12.2. The Kier molecular flexibility index (Phi) is 1.87. The molecule has 3 aliphatic heterocycles. The monoisotopic (exact) mass is 239 g/mol. The molecule has 18 heavy (non-hydrogen) atoms. The molecule has 2 atom stereocenters. The van der Waals surface area contributed by atoms with Gasteiger partial charge in [-0.2, -0.15) is 0 Å². The highest BCUT2D eigenvalue weighted by atomic mass is 16.5.